The van der Waals surface area contributed by atoms with Crippen molar-refractivity contribution in [3.8, 4) is 5.75 Å². The highest BCUT2D eigenvalue weighted by molar-refractivity contribution is 6.05. The van der Waals surface area contributed by atoms with Gasteiger partial charge in [-0.1, -0.05) is 18.2 Å². The molecule has 0 fully saturated rings. The molecule has 29 heavy (non-hydrogen) atoms. The smallest absolute Gasteiger partial charge is 0.337 e. The van der Waals surface area contributed by atoms with Crippen molar-refractivity contribution in [2.75, 3.05) is 24.9 Å². The average Bonchev–Trinajstić information content (AvgIpc) is 2.77. The van der Waals surface area contributed by atoms with Gasteiger partial charge < -0.3 is 20.1 Å². The predicted molar refractivity (Wildman–Crippen MR) is 110 cm³/mol. The first-order chi connectivity index (χ1) is 14.1. The lowest BCUT2D eigenvalue weighted by molar-refractivity contribution is 0.0600. The van der Waals surface area contributed by atoms with Gasteiger partial charge in [-0.2, -0.15) is 0 Å². The lowest BCUT2D eigenvalue weighted by Crippen LogP contribution is -2.13. The molecule has 0 aliphatic carbocycles. The molecule has 2 aromatic carbocycles. The van der Waals surface area contributed by atoms with Gasteiger partial charge in [-0.05, 0) is 42.0 Å². The van der Waals surface area contributed by atoms with Crippen LogP contribution in [0.3, 0.4) is 0 Å². The maximum Gasteiger partial charge on any atom is 0.337 e. The van der Waals surface area contributed by atoms with Crippen LogP contribution in [0, 0.1) is 0 Å². The number of nitrogens with one attached hydrogen (secondary N) is 2. The first kappa shape index (κ1) is 19.9. The van der Waals surface area contributed by atoms with E-state index in [-0.39, 0.29) is 5.91 Å². The van der Waals surface area contributed by atoms with Gasteiger partial charge >= 0.3 is 5.97 Å². The van der Waals surface area contributed by atoms with E-state index in [9.17, 15) is 9.59 Å². The van der Waals surface area contributed by atoms with Gasteiger partial charge in [0.25, 0.3) is 5.91 Å². The molecule has 0 aliphatic rings. The zero-order chi connectivity index (χ0) is 20.6. The summed E-state index contributed by atoms with van der Waals surface area (Å²) in [5, 5.41) is 6.01. The second kappa shape index (κ2) is 9.36. The quantitative estimate of drug-likeness (QED) is 0.597. The van der Waals surface area contributed by atoms with Crippen molar-refractivity contribution in [1.29, 1.82) is 0 Å². The largest absolute Gasteiger partial charge is 0.497 e. The fraction of sp³-hybridized carbons (Fsp3) is 0.136. The van der Waals surface area contributed by atoms with E-state index in [2.05, 4.69) is 15.6 Å². The van der Waals surface area contributed by atoms with Gasteiger partial charge in [0, 0.05) is 24.6 Å². The second-order valence-electron chi connectivity index (χ2n) is 6.19. The van der Waals surface area contributed by atoms with Gasteiger partial charge in [0.2, 0.25) is 0 Å². The van der Waals surface area contributed by atoms with E-state index in [1.54, 1.807) is 43.6 Å². The lowest BCUT2D eigenvalue weighted by atomic mass is 10.2. The summed E-state index contributed by atoms with van der Waals surface area (Å²) in [5.74, 6) is 0.00506. The summed E-state index contributed by atoms with van der Waals surface area (Å²) in [6.07, 6.45) is 3.14. The minimum Gasteiger partial charge on any atom is -0.497 e. The summed E-state index contributed by atoms with van der Waals surface area (Å²) in [7, 11) is 2.94. The molecule has 0 spiro atoms. The summed E-state index contributed by atoms with van der Waals surface area (Å²) in [5.41, 5.74) is 3.04. The molecule has 3 aromatic rings. The van der Waals surface area contributed by atoms with Crippen molar-refractivity contribution in [3.63, 3.8) is 0 Å². The molecule has 7 nitrogen and oxygen atoms in total. The SMILES string of the molecule is COC(=O)c1cccc(NC(=O)c2cncc(NCc3ccc(OC)cc3)c2)c1. The van der Waals surface area contributed by atoms with Crippen LogP contribution >= 0.6 is 0 Å². The molecule has 0 atom stereocenters. The molecule has 0 unspecified atom stereocenters. The number of rotatable bonds is 7. The number of amides is 1. The van der Waals surface area contributed by atoms with Gasteiger partial charge in [0.15, 0.2) is 0 Å². The summed E-state index contributed by atoms with van der Waals surface area (Å²) >= 11 is 0. The van der Waals surface area contributed by atoms with Crippen LogP contribution < -0.4 is 15.4 Å². The zero-order valence-corrected chi connectivity index (χ0v) is 16.1. The van der Waals surface area contributed by atoms with Crippen LogP contribution in [0.1, 0.15) is 26.3 Å². The maximum atomic E-state index is 12.6. The van der Waals surface area contributed by atoms with Crippen molar-refractivity contribution < 1.29 is 19.1 Å². The Kier molecular flexibility index (Phi) is 6.42. The van der Waals surface area contributed by atoms with Crippen molar-refractivity contribution in [2.24, 2.45) is 0 Å². The number of ether oxygens (including phenoxy) is 2. The number of carbonyl (C=O) groups is 2. The zero-order valence-electron chi connectivity index (χ0n) is 16.1. The van der Waals surface area contributed by atoms with Gasteiger partial charge in [0.05, 0.1) is 31.0 Å². The number of carbonyl (C=O) groups excluding carboxylic acids is 2. The molecule has 0 saturated carbocycles. The topological polar surface area (TPSA) is 89.5 Å². The number of aromatic nitrogens is 1. The Bertz CT molecular complexity index is 1000. The predicted octanol–water partition coefficient (Wildman–Crippen LogP) is 3.74. The van der Waals surface area contributed by atoms with Crippen LogP contribution in [0.2, 0.25) is 0 Å². The third kappa shape index (κ3) is 5.32. The van der Waals surface area contributed by atoms with Crippen LogP contribution in [0.15, 0.2) is 67.0 Å². The van der Waals surface area contributed by atoms with Gasteiger partial charge in [-0.3, -0.25) is 9.78 Å². The molecular formula is C22H21N3O4. The van der Waals surface area contributed by atoms with E-state index < -0.39 is 5.97 Å². The fourth-order valence-electron chi connectivity index (χ4n) is 2.65. The number of pyridine rings is 1. The summed E-state index contributed by atoms with van der Waals surface area (Å²) < 4.78 is 9.85. The Labute approximate surface area is 168 Å². The van der Waals surface area contributed by atoms with Crippen LogP contribution in [-0.4, -0.2) is 31.1 Å². The molecule has 1 heterocycles. The van der Waals surface area contributed by atoms with E-state index >= 15 is 0 Å². The van der Waals surface area contributed by atoms with Crippen molar-refractivity contribution in [3.05, 3.63) is 83.7 Å². The number of nitrogens with zero attached hydrogens (tertiary/aromatic N) is 1. The van der Waals surface area contributed by atoms with Gasteiger partial charge in [-0.15, -0.1) is 0 Å². The summed E-state index contributed by atoms with van der Waals surface area (Å²) in [6, 6.07) is 16.0. The number of benzene rings is 2. The molecule has 1 amide bonds. The molecular weight excluding hydrogens is 370 g/mol. The Hall–Kier alpha value is -3.87. The number of hydrogen-bond acceptors (Lipinski definition) is 6. The minimum atomic E-state index is -0.465. The Balaban J connectivity index is 1.65. The van der Waals surface area contributed by atoms with Crippen LogP contribution in [0.25, 0.3) is 0 Å². The lowest BCUT2D eigenvalue weighted by Gasteiger charge is -2.10. The summed E-state index contributed by atoms with van der Waals surface area (Å²) in [4.78, 5) is 28.3. The molecule has 0 radical (unpaired) electrons. The number of hydrogen-bond donors (Lipinski definition) is 2. The normalized spacial score (nSPS) is 10.1. The van der Waals surface area contributed by atoms with Crippen LogP contribution in [0.4, 0.5) is 11.4 Å². The fourth-order valence-corrected chi connectivity index (χ4v) is 2.65. The number of methoxy groups -OCH3 is 2. The van der Waals surface area contributed by atoms with Crippen molar-refractivity contribution >= 4 is 23.3 Å². The summed E-state index contributed by atoms with van der Waals surface area (Å²) in [6.45, 7) is 0.581. The van der Waals surface area contributed by atoms with Crippen molar-refractivity contribution in [1.82, 2.24) is 4.98 Å². The van der Waals surface area contributed by atoms with Crippen LogP contribution in [0.5, 0.6) is 5.75 Å². The van der Waals surface area contributed by atoms with Gasteiger partial charge in [-0.25, -0.2) is 4.79 Å². The molecule has 2 N–H and O–H groups in total. The average molecular weight is 391 g/mol. The Morgan fingerprint density at radius 2 is 1.69 bits per heavy atom. The first-order valence-electron chi connectivity index (χ1n) is 8.90. The highest BCUT2D eigenvalue weighted by Gasteiger charge is 2.10. The molecule has 0 bridgehead atoms. The van der Waals surface area contributed by atoms with Crippen molar-refractivity contribution in [2.45, 2.75) is 6.54 Å². The number of esters is 1. The van der Waals surface area contributed by atoms with E-state index in [4.69, 9.17) is 9.47 Å². The molecule has 0 aliphatic heterocycles. The Morgan fingerprint density at radius 3 is 2.41 bits per heavy atom. The van der Waals surface area contributed by atoms with Crippen LogP contribution in [-0.2, 0) is 11.3 Å². The van der Waals surface area contributed by atoms with E-state index in [0.717, 1.165) is 17.0 Å². The molecule has 7 heteroatoms. The Morgan fingerprint density at radius 1 is 0.931 bits per heavy atom. The molecule has 1 aromatic heterocycles. The van der Waals surface area contributed by atoms with E-state index in [1.165, 1.54) is 13.3 Å². The first-order valence-corrected chi connectivity index (χ1v) is 8.90. The highest BCUT2D eigenvalue weighted by atomic mass is 16.5. The molecule has 148 valence electrons. The van der Waals surface area contributed by atoms with Gasteiger partial charge in [0.1, 0.15) is 5.75 Å². The maximum absolute atomic E-state index is 12.6. The molecule has 0 saturated heterocycles. The highest BCUT2D eigenvalue weighted by Crippen LogP contribution is 2.16. The van der Waals surface area contributed by atoms with E-state index in [0.29, 0.717) is 23.4 Å². The molecule has 3 rings (SSSR count). The minimum absolute atomic E-state index is 0.326. The van der Waals surface area contributed by atoms with E-state index in [1.807, 2.05) is 24.3 Å². The monoisotopic (exact) mass is 391 g/mol. The third-order valence-electron chi connectivity index (χ3n) is 4.20. The number of anilines is 2. The standard InChI is InChI=1S/C22H21N3O4/c1-28-20-8-6-15(7-9-20)12-24-19-11-17(13-23-14-19)21(26)25-18-5-3-4-16(10-18)22(27)29-2/h3-11,13-14,24H,12H2,1-2H3,(H,25,26). The third-order valence-corrected chi connectivity index (χ3v) is 4.20. The second-order valence-corrected chi connectivity index (χ2v) is 6.19.